The predicted molar refractivity (Wildman–Crippen MR) is 123 cm³/mol. The van der Waals surface area contributed by atoms with Gasteiger partial charge >= 0.3 is 0 Å². The van der Waals surface area contributed by atoms with Crippen molar-refractivity contribution >= 4 is 11.5 Å². The number of benzene rings is 1. The average molecular weight is 433 g/mol. The van der Waals surface area contributed by atoms with Crippen LogP contribution in [0.3, 0.4) is 0 Å². The summed E-state index contributed by atoms with van der Waals surface area (Å²) in [4.78, 5) is 7.07. The van der Waals surface area contributed by atoms with Crippen LogP contribution in [0.15, 0.2) is 47.1 Å². The molecule has 0 saturated carbocycles. The summed E-state index contributed by atoms with van der Waals surface area (Å²) in [5, 5.41) is 16.3. The molecule has 7 nitrogen and oxygen atoms in total. The van der Waals surface area contributed by atoms with E-state index >= 15 is 0 Å². The van der Waals surface area contributed by atoms with Crippen molar-refractivity contribution in [2.45, 2.75) is 39.2 Å². The molecule has 4 aromatic rings. The molecule has 1 N–H and O–H groups in total. The number of nitrogens with zero attached hydrogens (tertiary/aromatic N) is 4. The lowest BCUT2D eigenvalue weighted by Gasteiger charge is -2.40. The van der Waals surface area contributed by atoms with E-state index in [0.717, 1.165) is 51.1 Å². The summed E-state index contributed by atoms with van der Waals surface area (Å²) in [5.74, 6) is 2.60. The zero-order chi connectivity index (χ0) is 22.5. The van der Waals surface area contributed by atoms with Crippen LogP contribution in [0.2, 0.25) is 0 Å². The summed E-state index contributed by atoms with van der Waals surface area (Å²) in [6.45, 7) is 7.46. The Hall–Kier alpha value is -3.32. The number of para-hydroxylation sites is 1. The number of piperidine rings is 1. The molecule has 32 heavy (non-hydrogen) atoms. The highest BCUT2D eigenvalue weighted by atomic mass is 16.5. The number of hydrogen-bond donors (Lipinski definition) is 1. The van der Waals surface area contributed by atoms with Gasteiger partial charge in [-0.3, -0.25) is 0 Å². The zero-order valence-electron chi connectivity index (χ0n) is 18.9. The highest BCUT2D eigenvalue weighted by Crippen LogP contribution is 2.40. The van der Waals surface area contributed by atoms with Gasteiger partial charge in [-0.1, -0.05) is 18.2 Å². The summed E-state index contributed by atoms with van der Waals surface area (Å²) in [6, 6.07) is 11.7. The second kappa shape index (κ2) is 7.67. The molecule has 1 aromatic carbocycles. The van der Waals surface area contributed by atoms with Gasteiger partial charge in [0, 0.05) is 41.5 Å². The van der Waals surface area contributed by atoms with Gasteiger partial charge in [-0.15, -0.1) is 0 Å². The van der Waals surface area contributed by atoms with E-state index < -0.39 is 5.60 Å². The Balaban J connectivity index is 1.51. The van der Waals surface area contributed by atoms with Crippen molar-refractivity contribution in [1.29, 1.82) is 0 Å². The van der Waals surface area contributed by atoms with Crippen LogP contribution in [-0.4, -0.2) is 39.9 Å². The van der Waals surface area contributed by atoms with Crippen LogP contribution in [0.1, 0.15) is 35.4 Å². The third-order valence-corrected chi connectivity index (χ3v) is 6.68. The Bertz CT molecular complexity index is 1280. The van der Waals surface area contributed by atoms with Crippen LogP contribution < -0.4 is 9.64 Å². The lowest BCUT2D eigenvalue weighted by Crippen LogP contribution is -2.43. The quantitative estimate of drug-likeness (QED) is 0.515. The van der Waals surface area contributed by atoms with Crippen molar-refractivity contribution in [3.8, 4) is 17.0 Å². The number of anilines is 1. The first-order valence-electron chi connectivity index (χ1n) is 10.9. The van der Waals surface area contributed by atoms with Crippen LogP contribution in [0.5, 0.6) is 5.75 Å². The van der Waals surface area contributed by atoms with Crippen LogP contribution >= 0.6 is 0 Å². The molecule has 0 amide bonds. The third kappa shape index (κ3) is 3.24. The Morgan fingerprint density at radius 2 is 1.84 bits per heavy atom. The molecule has 3 aromatic heterocycles. The van der Waals surface area contributed by atoms with Crippen molar-refractivity contribution in [1.82, 2.24) is 14.6 Å². The molecule has 1 saturated heterocycles. The molecule has 0 bridgehead atoms. The number of ether oxygens (including phenoxy) is 1. The lowest BCUT2D eigenvalue weighted by molar-refractivity contribution is 0.00947. The normalized spacial score (nSPS) is 16.0. The van der Waals surface area contributed by atoms with E-state index in [1.807, 2.05) is 54.8 Å². The summed E-state index contributed by atoms with van der Waals surface area (Å²) >= 11 is 0. The maximum absolute atomic E-state index is 11.5. The van der Waals surface area contributed by atoms with Crippen LogP contribution in [-0.2, 0) is 5.60 Å². The lowest BCUT2D eigenvalue weighted by atomic mass is 9.84. The average Bonchev–Trinajstić information content (AvgIpc) is 3.41. The molecule has 1 aliphatic heterocycles. The van der Waals surface area contributed by atoms with Crippen molar-refractivity contribution in [2.24, 2.45) is 0 Å². The van der Waals surface area contributed by atoms with Crippen LogP contribution in [0, 0.1) is 20.8 Å². The summed E-state index contributed by atoms with van der Waals surface area (Å²) < 4.78 is 12.9. The molecule has 5 rings (SSSR count). The number of rotatable bonds is 4. The van der Waals surface area contributed by atoms with E-state index in [0.29, 0.717) is 25.9 Å². The van der Waals surface area contributed by atoms with Gasteiger partial charge in [0.1, 0.15) is 17.3 Å². The molecule has 0 radical (unpaired) electrons. The van der Waals surface area contributed by atoms with Crippen molar-refractivity contribution in [2.75, 3.05) is 25.1 Å². The maximum atomic E-state index is 11.5. The topological polar surface area (TPSA) is 76.0 Å². The Morgan fingerprint density at radius 3 is 2.53 bits per heavy atom. The molecule has 7 heteroatoms. The fourth-order valence-electron chi connectivity index (χ4n) is 4.72. The number of fused-ring (bicyclic) bond motifs is 1. The van der Waals surface area contributed by atoms with Gasteiger partial charge in [-0.2, -0.15) is 9.61 Å². The molecular formula is C25H28N4O3. The van der Waals surface area contributed by atoms with Gasteiger partial charge in [-0.05, 0) is 45.7 Å². The number of methoxy groups -OCH3 is 1. The van der Waals surface area contributed by atoms with E-state index in [2.05, 4.69) is 11.8 Å². The Labute approximate surface area is 187 Å². The second-order valence-electron chi connectivity index (χ2n) is 8.55. The second-order valence-corrected chi connectivity index (χ2v) is 8.55. The fraction of sp³-hybridized carbons (Fsp3) is 0.360. The van der Waals surface area contributed by atoms with Crippen LogP contribution in [0.4, 0.5) is 5.82 Å². The summed E-state index contributed by atoms with van der Waals surface area (Å²) in [5.41, 5.74) is 4.64. The minimum Gasteiger partial charge on any atom is -0.496 e. The number of hydrogen-bond acceptors (Lipinski definition) is 6. The molecule has 4 heterocycles. The summed E-state index contributed by atoms with van der Waals surface area (Å²) in [7, 11) is 1.65. The standard InChI is InChI=1S/C25H28N4O3/c1-16-17(2)26-23-15-21(19-9-14-32-18(19)3)27-29(23)24(16)28-12-10-25(30,11-13-28)20-7-5-6-8-22(20)31-4/h5-9,14-15,30H,10-13H2,1-4H3. The molecule has 166 valence electrons. The van der Waals surface area contributed by atoms with E-state index in [1.54, 1.807) is 13.4 Å². The van der Waals surface area contributed by atoms with Crippen molar-refractivity contribution in [3.05, 3.63) is 65.2 Å². The molecule has 0 unspecified atom stereocenters. The zero-order valence-corrected chi connectivity index (χ0v) is 18.9. The monoisotopic (exact) mass is 432 g/mol. The highest BCUT2D eigenvalue weighted by molar-refractivity contribution is 5.68. The van der Waals surface area contributed by atoms with E-state index in [-0.39, 0.29) is 0 Å². The maximum Gasteiger partial charge on any atom is 0.158 e. The van der Waals surface area contributed by atoms with Crippen LogP contribution in [0.25, 0.3) is 16.9 Å². The van der Waals surface area contributed by atoms with Gasteiger partial charge in [0.05, 0.1) is 24.7 Å². The molecule has 0 atom stereocenters. The van der Waals surface area contributed by atoms with Crippen molar-refractivity contribution in [3.63, 3.8) is 0 Å². The number of aryl methyl sites for hydroxylation is 2. The Kier molecular flexibility index (Phi) is 4.93. The Morgan fingerprint density at radius 1 is 1.09 bits per heavy atom. The first kappa shape index (κ1) is 20.6. The molecule has 1 fully saturated rings. The van der Waals surface area contributed by atoms with E-state index in [9.17, 15) is 5.11 Å². The predicted octanol–water partition coefficient (Wildman–Crippen LogP) is 4.41. The number of aliphatic hydroxyl groups is 1. The first-order chi connectivity index (χ1) is 15.4. The smallest absolute Gasteiger partial charge is 0.158 e. The first-order valence-corrected chi connectivity index (χ1v) is 10.9. The molecule has 0 spiro atoms. The largest absolute Gasteiger partial charge is 0.496 e. The van der Waals surface area contributed by atoms with Gasteiger partial charge in [0.25, 0.3) is 0 Å². The van der Waals surface area contributed by atoms with Gasteiger partial charge < -0.3 is 19.2 Å². The van der Waals surface area contributed by atoms with E-state index in [4.69, 9.17) is 19.2 Å². The third-order valence-electron chi connectivity index (χ3n) is 6.68. The van der Waals surface area contributed by atoms with Gasteiger partial charge in [-0.25, -0.2) is 4.98 Å². The number of furan rings is 1. The molecule has 0 aliphatic carbocycles. The minimum atomic E-state index is -0.915. The van der Waals surface area contributed by atoms with Gasteiger partial charge in [0.2, 0.25) is 0 Å². The van der Waals surface area contributed by atoms with Gasteiger partial charge in [0.15, 0.2) is 5.65 Å². The van der Waals surface area contributed by atoms with E-state index in [1.165, 1.54) is 0 Å². The molecule has 1 aliphatic rings. The van der Waals surface area contributed by atoms with Crippen molar-refractivity contribution < 1.29 is 14.3 Å². The summed E-state index contributed by atoms with van der Waals surface area (Å²) in [6.07, 6.45) is 2.89. The minimum absolute atomic E-state index is 0.602. The fourth-order valence-corrected chi connectivity index (χ4v) is 4.72. The highest BCUT2D eigenvalue weighted by Gasteiger charge is 2.37. The number of aromatic nitrogens is 3. The SMILES string of the molecule is COc1ccccc1C1(O)CCN(c2c(C)c(C)nc3cc(-c4ccoc4C)nn23)CC1. The molecular weight excluding hydrogens is 404 g/mol.